The number of rotatable bonds is 8. The van der Waals surface area contributed by atoms with Crippen LogP contribution >= 0.6 is 0 Å². The average Bonchev–Trinajstić information content (AvgIpc) is 1.74. The molecule has 0 saturated carbocycles. The first-order valence-electron chi connectivity index (χ1n) is 27.0. The lowest BCUT2D eigenvalue weighted by molar-refractivity contribution is -0.143. The van der Waals surface area contributed by atoms with E-state index in [9.17, 15) is 79.0 Å². The van der Waals surface area contributed by atoms with Crippen LogP contribution in [0, 0.1) is 27.7 Å². The van der Waals surface area contributed by atoms with Crippen LogP contribution in [0.5, 0.6) is 0 Å². The van der Waals surface area contributed by atoms with Crippen LogP contribution in [0.1, 0.15) is 55.6 Å². The van der Waals surface area contributed by atoms with E-state index >= 15 is 0 Å². The summed E-state index contributed by atoms with van der Waals surface area (Å²) in [7, 11) is 0. The Morgan fingerprint density at radius 1 is 0.247 bits per heavy atom. The number of aromatic nitrogens is 1. The zero-order valence-electron chi connectivity index (χ0n) is 46.6. The molecule has 0 aliphatic heterocycles. The molecule has 0 atom stereocenters. The SMILES string of the molecule is Cc1ccc(-c2cc(-c3ccc4c(c3)c3cc(-c5cc(-c6ccc(C(F)(F)F)cc6C)cc(-c6ccc(C)cc6C(F)(F)F)c5)ccc3n4-c3ccccc3-c3cc(C(F)(F)F)cc(C(F)(F)F)c3)cc(-c3ccc(C(F)(F)F)cc3C)c2)c(C(F)(F)F)c1. The third-order valence-corrected chi connectivity index (χ3v) is 15.7. The second-order valence-electron chi connectivity index (χ2n) is 21.9. The summed E-state index contributed by atoms with van der Waals surface area (Å²) in [5.41, 5.74) is -5.09. The molecule has 454 valence electrons. The third kappa shape index (κ3) is 12.1. The highest BCUT2D eigenvalue weighted by Crippen LogP contribution is 2.48. The van der Waals surface area contributed by atoms with E-state index in [1.807, 2.05) is 0 Å². The van der Waals surface area contributed by atoms with Crippen molar-refractivity contribution in [1.82, 2.24) is 4.57 Å². The van der Waals surface area contributed by atoms with E-state index < -0.39 is 76.0 Å². The summed E-state index contributed by atoms with van der Waals surface area (Å²) in [6, 6.07) is 38.3. The fourth-order valence-electron chi connectivity index (χ4n) is 11.5. The number of alkyl halides is 18. The van der Waals surface area contributed by atoms with Gasteiger partial charge >= 0.3 is 37.1 Å². The zero-order valence-corrected chi connectivity index (χ0v) is 46.6. The molecule has 10 aromatic carbocycles. The Balaban J connectivity index is 1.21. The Morgan fingerprint density at radius 2 is 0.596 bits per heavy atom. The molecule has 1 heterocycles. The minimum Gasteiger partial charge on any atom is -0.309 e. The van der Waals surface area contributed by atoms with Gasteiger partial charge in [0.05, 0.1) is 50.1 Å². The molecule has 0 radical (unpaired) electrons. The van der Waals surface area contributed by atoms with E-state index in [1.54, 1.807) is 53.1 Å². The monoisotopic (exact) mass is 1240 g/mol. The molecule has 19 heteroatoms. The Hall–Kier alpha value is -9.26. The smallest absolute Gasteiger partial charge is 0.309 e. The molecule has 1 aromatic heterocycles. The van der Waals surface area contributed by atoms with E-state index in [0.717, 1.165) is 36.4 Å². The van der Waals surface area contributed by atoms with Crippen molar-refractivity contribution in [1.29, 1.82) is 0 Å². The number of hydrogen-bond acceptors (Lipinski definition) is 0. The molecule has 0 fully saturated rings. The Labute approximate surface area is 495 Å². The van der Waals surface area contributed by atoms with Crippen molar-refractivity contribution in [3.8, 4) is 83.6 Å². The van der Waals surface area contributed by atoms with Crippen molar-refractivity contribution >= 4 is 21.8 Å². The quantitative estimate of drug-likeness (QED) is 0.134. The molecule has 0 amide bonds. The Morgan fingerprint density at radius 3 is 0.966 bits per heavy atom. The van der Waals surface area contributed by atoms with Gasteiger partial charge in [-0.15, -0.1) is 0 Å². The van der Waals surface area contributed by atoms with Crippen molar-refractivity contribution < 1.29 is 79.0 Å². The maximum Gasteiger partial charge on any atom is 0.417 e. The van der Waals surface area contributed by atoms with E-state index in [4.69, 9.17) is 0 Å². The van der Waals surface area contributed by atoms with Gasteiger partial charge in [-0.05, 0) is 232 Å². The van der Waals surface area contributed by atoms with Crippen molar-refractivity contribution in [2.75, 3.05) is 0 Å². The Bertz CT molecular complexity index is 4360. The lowest BCUT2D eigenvalue weighted by atomic mass is 9.88. The van der Waals surface area contributed by atoms with Crippen LogP contribution in [-0.2, 0) is 37.1 Å². The van der Waals surface area contributed by atoms with Crippen LogP contribution in [0.3, 0.4) is 0 Å². The molecule has 0 unspecified atom stereocenters. The van der Waals surface area contributed by atoms with Gasteiger partial charge in [0, 0.05) is 16.3 Å². The highest BCUT2D eigenvalue weighted by molar-refractivity contribution is 6.12. The predicted octanol–water partition coefficient (Wildman–Crippen LogP) is 23.8. The van der Waals surface area contributed by atoms with E-state index in [0.29, 0.717) is 22.9 Å². The van der Waals surface area contributed by atoms with Gasteiger partial charge in [-0.3, -0.25) is 0 Å². The van der Waals surface area contributed by atoms with Gasteiger partial charge in [-0.1, -0.05) is 77.9 Å². The van der Waals surface area contributed by atoms with Crippen LogP contribution < -0.4 is 0 Å². The first kappa shape index (κ1) is 61.4. The molecule has 89 heavy (non-hydrogen) atoms. The molecular formula is C70H43F18N. The Kier molecular flexibility index (Phi) is 15.0. The van der Waals surface area contributed by atoms with Gasteiger partial charge in [0.1, 0.15) is 0 Å². The van der Waals surface area contributed by atoms with Crippen LogP contribution in [0.2, 0.25) is 0 Å². The molecule has 0 spiro atoms. The predicted molar refractivity (Wildman–Crippen MR) is 308 cm³/mol. The molecule has 11 rings (SSSR count). The lowest BCUT2D eigenvalue weighted by Crippen LogP contribution is -2.11. The largest absolute Gasteiger partial charge is 0.417 e. The fourth-order valence-corrected chi connectivity index (χ4v) is 11.5. The maximum atomic E-state index is 15.0. The number of nitrogens with zero attached hydrogens (tertiary/aromatic N) is 1. The van der Waals surface area contributed by atoms with E-state index in [1.165, 1.54) is 113 Å². The molecule has 0 aliphatic carbocycles. The molecule has 1 nitrogen and oxygen atoms in total. The minimum atomic E-state index is -5.24. The summed E-state index contributed by atoms with van der Waals surface area (Å²) in [5, 5.41) is 0.594. The average molecular weight is 1240 g/mol. The number of halogens is 18. The molecule has 0 bridgehead atoms. The highest BCUT2D eigenvalue weighted by Gasteiger charge is 2.39. The normalized spacial score (nSPS) is 12.8. The zero-order chi connectivity index (χ0) is 64.2. The third-order valence-electron chi connectivity index (χ3n) is 15.7. The topological polar surface area (TPSA) is 4.93 Å². The van der Waals surface area contributed by atoms with Crippen molar-refractivity contribution in [3.05, 3.63) is 244 Å². The molecule has 0 N–H and O–H groups in total. The summed E-state index contributed by atoms with van der Waals surface area (Å²) >= 11 is 0. The van der Waals surface area contributed by atoms with Gasteiger partial charge in [-0.25, -0.2) is 0 Å². The van der Waals surface area contributed by atoms with Crippen LogP contribution in [0.15, 0.2) is 188 Å². The summed E-state index contributed by atoms with van der Waals surface area (Å²) < 4.78 is 262. The number of para-hydroxylation sites is 1. The van der Waals surface area contributed by atoms with Gasteiger partial charge in [0.15, 0.2) is 0 Å². The first-order valence-corrected chi connectivity index (χ1v) is 27.0. The molecular weight excluding hydrogens is 1200 g/mol. The second kappa shape index (κ2) is 21.8. The lowest BCUT2D eigenvalue weighted by Gasteiger charge is -2.18. The van der Waals surface area contributed by atoms with Gasteiger partial charge in [-0.2, -0.15) is 79.0 Å². The van der Waals surface area contributed by atoms with Crippen molar-refractivity contribution in [3.63, 3.8) is 0 Å². The number of aryl methyl sites for hydroxylation is 4. The van der Waals surface area contributed by atoms with Crippen molar-refractivity contribution in [2.45, 2.75) is 64.8 Å². The summed E-state index contributed by atoms with van der Waals surface area (Å²) in [4.78, 5) is 0. The van der Waals surface area contributed by atoms with Crippen molar-refractivity contribution in [2.24, 2.45) is 0 Å². The highest BCUT2D eigenvalue weighted by atomic mass is 19.4. The fraction of sp³-hybridized carbons (Fsp3) is 0.143. The van der Waals surface area contributed by atoms with Gasteiger partial charge in [0.2, 0.25) is 0 Å². The second-order valence-corrected chi connectivity index (χ2v) is 21.9. The van der Waals surface area contributed by atoms with E-state index in [-0.39, 0.29) is 117 Å². The molecule has 11 aromatic rings. The van der Waals surface area contributed by atoms with E-state index in [2.05, 4.69) is 0 Å². The summed E-state index contributed by atoms with van der Waals surface area (Å²) in [6.07, 6.45) is -29.8. The molecule has 0 saturated heterocycles. The van der Waals surface area contributed by atoms with Gasteiger partial charge < -0.3 is 4.57 Å². The van der Waals surface area contributed by atoms with Crippen LogP contribution in [0.4, 0.5) is 79.0 Å². The first-order chi connectivity index (χ1) is 41.5. The number of hydrogen-bond donors (Lipinski definition) is 0. The number of fused-ring (bicyclic) bond motifs is 3. The van der Waals surface area contributed by atoms with Gasteiger partial charge in [0.25, 0.3) is 0 Å². The summed E-state index contributed by atoms with van der Waals surface area (Å²) in [6.45, 7) is 5.74. The number of benzene rings is 10. The minimum absolute atomic E-state index is 0.00315. The van der Waals surface area contributed by atoms with Crippen LogP contribution in [-0.4, -0.2) is 4.57 Å². The summed E-state index contributed by atoms with van der Waals surface area (Å²) in [5.74, 6) is 0. The molecule has 0 aliphatic rings. The maximum absolute atomic E-state index is 15.0. The van der Waals surface area contributed by atoms with Crippen LogP contribution in [0.25, 0.3) is 105 Å². The standard InChI is InChI=1S/C70H43F18N/c1-36-9-15-55(60(21-36)69(83,84)85)46-27-42(25-44(29-46)53-17-13-49(23-38(53)3)65(71,72)73)40-11-19-63-58(33-40)59-34-41(12-20-64(59)89(63)62-8-6-5-7-57(62)48-31-51(67(77,78)79)35-52(32-48)68(80,81)82)43-26-45(54-18-14-50(24-39(54)4)66(74,75)76)30-47(28-43)56-16-10-37(2)22-61(56)70(86,87)88/h5-35H,1-4H3.